The average molecular weight is 281 g/mol. The van der Waals surface area contributed by atoms with Gasteiger partial charge in [0.15, 0.2) is 17.5 Å². The van der Waals surface area contributed by atoms with E-state index >= 15 is 0 Å². The van der Waals surface area contributed by atoms with Crippen molar-refractivity contribution < 1.29 is 13.2 Å². The summed E-state index contributed by atoms with van der Waals surface area (Å²) in [5.74, 6) is -3.14. The zero-order chi connectivity index (χ0) is 14.3. The number of nitrogens with two attached hydrogens (primary N) is 1. The summed E-state index contributed by atoms with van der Waals surface area (Å²) in [4.78, 5) is 0. The number of halogens is 3. The van der Waals surface area contributed by atoms with Gasteiger partial charge in [-0.15, -0.1) is 0 Å². The Kier molecular flexibility index (Phi) is 3.25. The molecule has 1 aromatic carbocycles. The maximum atomic E-state index is 13.9. The van der Waals surface area contributed by atoms with Gasteiger partial charge >= 0.3 is 0 Å². The largest absolute Gasteiger partial charge is 0.324 e. The van der Waals surface area contributed by atoms with Crippen molar-refractivity contribution in [3.8, 4) is 5.69 Å². The second-order valence-electron chi connectivity index (χ2n) is 5.03. The lowest BCUT2D eigenvalue weighted by molar-refractivity contribution is 0.490. The third-order valence-electron chi connectivity index (χ3n) is 3.70. The first-order valence-electron chi connectivity index (χ1n) is 6.55. The first-order chi connectivity index (χ1) is 9.58. The molecule has 0 bridgehead atoms. The van der Waals surface area contributed by atoms with E-state index in [2.05, 4.69) is 5.10 Å². The summed E-state index contributed by atoms with van der Waals surface area (Å²) < 4.78 is 41.5. The number of hydrogen-bond donors (Lipinski definition) is 1. The Hall–Kier alpha value is -1.82. The van der Waals surface area contributed by atoms with Crippen LogP contribution in [0.2, 0.25) is 0 Å². The minimum Gasteiger partial charge on any atom is -0.324 e. The molecule has 20 heavy (non-hydrogen) atoms. The highest BCUT2D eigenvalue weighted by molar-refractivity contribution is 5.38. The zero-order valence-corrected chi connectivity index (χ0v) is 10.7. The number of hydrogen-bond acceptors (Lipinski definition) is 2. The molecular formula is C14H14F3N3. The highest BCUT2D eigenvalue weighted by Gasteiger charge is 2.22. The molecule has 2 N–H and O–H groups in total. The maximum Gasteiger partial charge on any atom is 0.161 e. The molecule has 3 rings (SSSR count). The van der Waals surface area contributed by atoms with Gasteiger partial charge in [0.25, 0.3) is 0 Å². The molecule has 1 atom stereocenters. The first kappa shape index (κ1) is 13.2. The molecule has 3 nitrogen and oxygen atoms in total. The van der Waals surface area contributed by atoms with Crippen molar-refractivity contribution in [2.75, 3.05) is 0 Å². The Labute approximate surface area is 114 Å². The second kappa shape index (κ2) is 4.94. The Bertz CT molecular complexity index is 651. The van der Waals surface area contributed by atoms with Gasteiger partial charge in [-0.2, -0.15) is 5.10 Å². The van der Waals surface area contributed by atoms with E-state index in [-0.39, 0.29) is 11.7 Å². The van der Waals surface area contributed by atoms with E-state index in [1.807, 2.05) is 0 Å². The molecule has 1 aromatic heterocycles. The molecule has 2 aromatic rings. The number of nitrogens with zero attached hydrogens (tertiary/aromatic N) is 2. The Balaban J connectivity index is 2.14. The fourth-order valence-electron chi connectivity index (χ4n) is 2.64. The van der Waals surface area contributed by atoms with Crippen LogP contribution in [-0.2, 0) is 6.42 Å². The summed E-state index contributed by atoms with van der Waals surface area (Å²) in [6, 6.07) is 1.22. The summed E-state index contributed by atoms with van der Waals surface area (Å²) in [6.07, 6.45) is 5.03. The molecule has 0 spiro atoms. The molecule has 0 saturated carbocycles. The van der Waals surface area contributed by atoms with Crippen LogP contribution in [0.25, 0.3) is 5.69 Å². The monoisotopic (exact) mass is 281 g/mol. The third-order valence-corrected chi connectivity index (χ3v) is 3.70. The lowest BCUT2D eigenvalue weighted by Crippen LogP contribution is -2.11. The summed E-state index contributed by atoms with van der Waals surface area (Å²) in [5, 5.41) is 4.10. The van der Waals surface area contributed by atoms with Gasteiger partial charge < -0.3 is 5.73 Å². The molecule has 1 heterocycles. The van der Waals surface area contributed by atoms with Crippen LogP contribution in [0, 0.1) is 17.5 Å². The van der Waals surface area contributed by atoms with Crippen LogP contribution in [0.5, 0.6) is 0 Å². The highest BCUT2D eigenvalue weighted by atomic mass is 19.2. The standard InChI is InChI=1S/C14H14F3N3/c15-9-5-11(17)14(6-10(9)16)20-13-4-2-1-3-12(18)8(13)7-19-20/h5-7,12H,1-4,18H2. The fraction of sp³-hybridized carbons (Fsp3) is 0.357. The van der Waals surface area contributed by atoms with Crippen LogP contribution in [0.3, 0.4) is 0 Å². The number of fused-ring (bicyclic) bond motifs is 1. The molecule has 1 aliphatic carbocycles. The van der Waals surface area contributed by atoms with E-state index in [1.54, 1.807) is 6.20 Å². The minimum atomic E-state index is -1.21. The lowest BCUT2D eigenvalue weighted by atomic mass is 10.1. The first-order valence-corrected chi connectivity index (χ1v) is 6.55. The number of benzene rings is 1. The smallest absolute Gasteiger partial charge is 0.161 e. The van der Waals surface area contributed by atoms with Crippen molar-refractivity contribution in [3.05, 3.63) is 47.0 Å². The van der Waals surface area contributed by atoms with Crippen LogP contribution in [-0.4, -0.2) is 9.78 Å². The van der Waals surface area contributed by atoms with E-state index in [4.69, 9.17) is 5.73 Å². The molecule has 0 fully saturated rings. The average Bonchev–Trinajstić information content (AvgIpc) is 2.74. The van der Waals surface area contributed by atoms with Gasteiger partial charge in [0.1, 0.15) is 5.69 Å². The number of rotatable bonds is 1. The van der Waals surface area contributed by atoms with E-state index in [9.17, 15) is 13.2 Å². The van der Waals surface area contributed by atoms with E-state index in [0.29, 0.717) is 12.5 Å². The normalized spacial score (nSPS) is 18.7. The summed E-state index contributed by atoms with van der Waals surface area (Å²) >= 11 is 0. The SMILES string of the molecule is NC1CCCCc2c1cnn2-c1cc(F)c(F)cc1F. The van der Waals surface area contributed by atoms with Gasteiger partial charge in [0, 0.05) is 29.4 Å². The number of aromatic nitrogens is 2. The van der Waals surface area contributed by atoms with E-state index < -0.39 is 17.5 Å². The molecule has 1 unspecified atom stereocenters. The lowest BCUT2D eigenvalue weighted by Gasteiger charge is -2.10. The molecule has 6 heteroatoms. The van der Waals surface area contributed by atoms with E-state index in [1.165, 1.54) is 4.68 Å². The van der Waals surface area contributed by atoms with Gasteiger partial charge in [-0.05, 0) is 19.3 Å². The Morgan fingerprint density at radius 3 is 2.65 bits per heavy atom. The highest BCUT2D eigenvalue weighted by Crippen LogP contribution is 2.29. The van der Waals surface area contributed by atoms with Gasteiger partial charge in [0.2, 0.25) is 0 Å². The molecule has 0 radical (unpaired) electrons. The fourth-order valence-corrected chi connectivity index (χ4v) is 2.64. The van der Waals surface area contributed by atoms with Gasteiger partial charge in [-0.1, -0.05) is 6.42 Å². The summed E-state index contributed by atoms with van der Waals surface area (Å²) in [7, 11) is 0. The van der Waals surface area contributed by atoms with Crippen molar-refractivity contribution in [2.45, 2.75) is 31.7 Å². The van der Waals surface area contributed by atoms with Gasteiger partial charge in [-0.25, -0.2) is 17.9 Å². The van der Waals surface area contributed by atoms with Gasteiger partial charge in [0.05, 0.1) is 6.20 Å². The molecule has 1 aliphatic rings. The predicted molar refractivity (Wildman–Crippen MR) is 67.9 cm³/mol. The molecule has 0 saturated heterocycles. The molecular weight excluding hydrogens is 267 g/mol. The van der Waals surface area contributed by atoms with Crippen LogP contribution in [0.15, 0.2) is 18.3 Å². The third kappa shape index (κ3) is 2.10. The summed E-state index contributed by atoms with van der Waals surface area (Å²) in [6.45, 7) is 0. The topological polar surface area (TPSA) is 43.8 Å². The van der Waals surface area contributed by atoms with Crippen LogP contribution < -0.4 is 5.73 Å². The van der Waals surface area contributed by atoms with Crippen LogP contribution >= 0.6 is 0 Å². The quantitative estimate of drug-likeness (QED) is 0.645. The Morgan fingerprint density at radius 1 is 1.10 bits per heavy atom. The van der Waals surface area contributed by atoms with Gasteiger partial charge in [-0.3, -0.25) is 0 Å². The van der Waals surface area contributed by atoms with Crippen molar-refractivity contribution >= 4 is 0 Å². The van der Waals surface area contributed by atoms with Crippen molar-refractivity contribution in [3.63, 3.8) is 0 Å². The molecule has 0 amide bonds. The van der Waals surface area contributed by atoms with Crippen molar-refractivity contribution in [1.29, 1.82) is 0 Å². The summed E-state index contributed by atoms with van der Waals surface area (Å²) in [5.41, 5.74) is 7.60. The zero-order valence-electron chi connectivity index (χ0n) is 10.7. The van der Waals surface area contributed by atoms with E-state index in [0.717, 1.165) is 36.6 Å². The molecule has 0 aliphatic heterocycles. The van der Waals surface area contributed by atoms with Crippen LogP contribution in [0.4, 0.5) is 13.2 Å². The molecule has 106 valence electrons. The Morgan fingerprint density at radius 2 is 1.85 bits per heavy atom. The van der Waals surface area contributed by atoms with Crippen LogP contribution in [0.1, 0.15) is 36.6 Å². The maximum absolute atomic E-state index is 13.9. The predicted octanol–water partition coefficient (Wildman–Crippen LogP) is 3.02. The second-order valence-corrected chi connectivity index (χ2v) is 5.03. The van der Waals surface area contributed by atoms with Crippen molar-refractivity contribution in [2.24, 2.45) is 5.73 Å². The van der Waals surface area contributed by atoms with Crippen molar-refractivity contribution in [1.82, 2.24) is 9.78 Å². The minimum absolute atomic E-state index is 0.0840.